The van der Waals surface area contributed by atoms with Gasteiger partial charge in [-0.3, -0.25) is 9.59 Å². The Bertz CT molecular complexity index is 412. The Morgan fingerprint density at radius 3 is 2.71 bits per heavy atom. The summed E-state index contributed by atoms with van der Waals surface area (Å²) < 4.78 is 9.83. The first-order valence-corrected chi connectivity index (χ1v) is 6.47. The van der Waals surface area contributed by atoms with Gasteiger partial charge in [-0.15, -0.1) is 12.4 Å². The van der Waals surface area contributed by atoms with Crippen molar-refractivity contribution in [3.05, 3.63) is 24.2 Å². The molecule has 1 atom stereocenters. The molecule has 0 saturated carbocycles. The monoisotopic (exact) mass is 319 g/mol. The minimum Gasteiger partial charge on any atom is -0.459 e. The molecule has 0 bridgehead atoms. The van der Waals surface area contributed by atoms with E-state index < -0.39 is 11.9 Å². The van der Waals surface area contributed by atoms with Crippen LogP contribution in [0.2, 0.25) is 0 Å². The Kier molecular flexibility index (Phi) is 10.3. The number of carbonyl (C=O) groups excluding carboxylic acids is 2. The molecule has 0 spiro atoms. The van der Waals surface area contributed by atoms with E-state index in [2.05, 4.69) is 16.0 Å². The number of carbonyl (C=O) groups is 2. The maximum Gasteiger partial charge on any atom is 0.287 e. The lowest BCUT2D eigenvalue weighted by atomic mass is 10.3. The molecule has 120 valence electrons. The van der Waals surface area contributed by atoms with Gasteiger partial charge >= 0.3 is 0 Å². The smallest absolute Gasteiger partial charge is 0.287 e. The Morgan fingerprint density at radius 1 is 1.33 bits per heavy atom. The van der Waals surface area contributed by atoms with Crippen LogP contribution >= 0.6 is 12.4 Å². The van der Waals surface area contributed by atoms with E-state index >= 15 is 0 Å². The first-order valence-electron chi connectivity index (χ1n) is 6.47. The number of halogens is 1. The van der Waals surface area contributed by atoms with Gasteiger partial charge in [-0.25, -0.2) is 0 Å². The van der Waals surface area contributed by atoms with Crippen LogP contribution in [0.4, 0.5) is 0 Å². The lowest BCUT2D eigenvalue weighted by molar-refractivity contribution is -0.122. The number of hydrogen-bond donors (Lipinski definition) is 3. The van der Waals surface area contributed by atoms with Crippen LogP contribution in [0.5, 0.6) is 0 Å². The zero-order valence-electron chi connectivity index (χ0n) is 12.2. The fourth-order valence-corrected chi connectivity index (χ4v) is 1.47. The topological polar surface area (TPSA) is 92.6 Å². The third-order valence-corrected chi connectivity index (χ3v) is 2.57. The number of furan rings is 1. The summed E-state index contributed by atoms with van der Waals surface area (Å²) in [5, 5.41) is 8.38. The summed E-state index contributed by atoms with van der Waals surface area (Å²) in [6.45, 7) is 4.12. The minimum absolute atomic E-state index is 0. The maximum absolute atomic E-state index is 11.7. The third-order valence-electron chi connectivity index (χ3n) is 2.57. The minimum atomic E-state index is -0.619. The molecule has 0 saturated heterocycles. The highest BCUT2D eigenvalue weighted by Crippen LogP contribution is 1.99. The van der Waals surface area contributed by atoms with Crippen LogP contribution in [0.25, 0.3) is 0 Å². The summed E-state index contributed by atoms with van der Waals surface area (Å²) in [5.41, 5.74) is 0. The van der Waals surface area contributed by atoms with Gasteiger partial charge in [0.2, 0.25) is 5.91 Å². The van der Waals surface area contributed by atoms with Gasteiger partial charge in [-0.05, 0) is 19.1 Å². The molecule has 1 aromatic heterocycles. The molecule has 1 heterocycles. The van der Waals surface area contributed by atoms with Gasteiger partial charge in [0.05, 0.1) is 12.9 Å². The van der Waals surface area contributed by atoms with Crippen LogP contribution in [-0.4, -0.2) is 51.2 Å². The summed E-state index contributed by atoms with van der Waals surface area (Å²) >= 11 is 0. The van der Waals surface area contributed by atoms with E-state index in [1.54, 1.807) is 26.2 Å². The van der Waals surface area contributed by atoms with Crippen molar-refractivity contribution in [2.75, 3.05) is 33.4 Å². The largest absolute Gasteiger partial charge is 0.459 e. The molecule has 3 N–H and O–H groups in total. The Hall–Kier alpha value is -1.57. The average Bonchev–Trinajstić information content (AvgIpc) is 2.96. The van der Waals surface area contributed by atoms with Crippen molar-refractivity contribution >= 4 is 24.2 Å². The Labute approximate surface area is 130 Å². The highest BCUT2D eigenvalue weighted by molar-refractivity contribution is 5.95. The van der Waals surface area contributed by atoms with Crippen molar-refractivity contribution in [2.45, 2.75) is 13.0 Å². The molecule has 0 radical (unpaired) electrons. The van der Waals surface area contributed by atoms with Gasteiger partial charge in [0.25, 0.3) is 5.91 Å². The molecule has 0 aliphatic rings. The molecule has 1 aromatic rings. The van der Waals surface area contributed by atoms with Crippen LogP contribution in [-0.2, 0) is 9.53 Å². The second kappa shape index (κ2) is 11.1. The molecule has 1 rings (SSSR count). The van der Waals surface area contributed by atoms with E-state index in [4.69, 9.17) is 9.15 Å². The van der Waals surface area contributed by atoms with Crippen LogP contribution in [0.1, 0.15) is 17.5 Å². The van der Waals surface area contributed by atoms with Crippen molar-refractivity contribution < 1.29 is 18.7 Å². The van der Waals surface area contributed by atoms with Gasteiger partial charge < -0.3 is 25.1 Å². The number of ether oxygens (including phenoxy) is 1. The highest BCUT2D eigenvalue weighted by Gasteiger charge is 2.17. The van der Waals surface area contributed by atoms with Gasteiger partial charge in [0.1, 0.15) is 6.04 Å². The van der Waals surface area contributed by atoms with Crippen molar-refractivity contribution in [2.24, 2.45) is 0 Å². The standard InChI is InChI=1S/C13H21N3O4.ClH/c1-10(16-13(18)11-4-3-8-20-11)12(17)15-6-5-14-7-9-19-2;/h3-4,8,10,14H,5-7,9H2,1-2H3,(H,15,17)(H,16,18);1H. The van der Waals surface area contributed by atoms with Crippen molar-refractivity contribution in [3.63, 3.8) is 0 Å². The number of nitrogens with one attached hydrogen (secondary N) is 3. The highest BCUT2D eigenvalue weighted by atomic mass is 35.5. The molecule has 7 nitrogen and oxygen atoms in total. The number of rotatable bonds is 9. The lowest BCUT2D eigenvalue weighted by Crippen LogP contribution is -2.46. The normalized spacial score (nSPS) is 11.3. The molecule has 0 fully saturated rings. The van der Waals surface area contributed by atoms with E-state index in [9.17, 15) is 9.59 Å². The zero-order chi connectivity index (χ0) is 14.8. The fourth-order valence-electron chi connectivity index (χ4n) is 1.47. The summed E-state index contributed by atoms with van der Waals surface area (Å²) in [6.07, 6.45) is 1.41. The molecule has 0 aliphatic carbocycles. The molecule has 0 aromatic carbocycles. The lowest BCUT2D eigenvalue weighted by Gasteiger charge is -2.13. The number of methoxy groups -OCH3 is 1. The van der Waals surface area contributed by atoms with E-state index in [0.717, 1.165) is 6.54 Å². The molecule has 2 amide bonds. The third kappa shape index (κ3) is 7.69. The predicted molar refractivity (Wildman–Crippen MR) is 80.6 cm³/mol. The van der Waals surface area contributed by atoms with Gasteiger partial charge in [-0.2, -0.15) is 0 Å². The molecule has 21 heavy (non-hydrogen) atoms. The summed E-state index contributed by atoms with van der Waals surface area (Å²) in [6, 6.07) is 2.54. The average molecular weight is 320 g/mol. The summed E-state index contributed by atoms with van der Waals surface area (Å²) in [7, 11) is 1.63. The molecule has 1 unspecified atom stereocenters. The van der Waals surface area contributed by atoms with Gasteiger partial charge in [-0.1, -0.05) is 0 Å². The molecular formula is C13H22ClN3O4. The number of amides is 2. The maximum atomic E-state index is 11.7. The predicted octanol–water partition coefficient (Wildman–Crippen LogP) is 0.172. The quantitative estimate of drug-likeness (QED) is 0.564. The van der Waals surface area contributed by atoms with E-state index in [1.807, 2.05) is 0 Å². The second-order valence-corrected chi connectivity index (χ2v) is 4.21. The van der Waals surface area contributed by atoms with Gasteiger partial charge in [0.15, 0.2) is 5.76 Å². The number of hydrogen-bond acceptors (Lipinski definition) is 5. The van der Waals surface area contributed by atoms with E-state index in [1.165, 1.54) is 6.26 Å². The Morgan fingerprint density at radius 2 is 2.10 bits per heavy atom. The molecule has 8 heteroatoms. The van der Waals surface area contributed by atoms with Crippen LogP contribution in [0.15, 0.2) is 22.8 Å². The van der Waals surface area contributed by atoms with E-state index in [0.29, 0.717) is 19.7 Å². The van der Waals surface area contributed by atoms with Gasteiger partial charge in [0, 0.05) is 26.7 Å². The van der Waals surface area contributed by atoms with Crippen LogP contribution in [0.3, 0.4) is 0 Å². The molecule has 0 aliphatic heterocycles. The Balaban J connectivity index is 0.00000400. The van der Waals surface area contributed by atoms with Crippen LogP contribution in [0, 0.1) is 0 Å². The van der Waals surface area contributed by atoms with Crippen molar-refractivity contribution in [1.29, 1.82) is 0 Å². The first-order chi connectivity index (χ1) is 9.65. The van der Waals surface area contributed by atoms with Crippen molar-refractivity contribution in [1.82, 2.24) is 16.0 Å². The SMILES string of the molecule is COCCNCCNC(=O)C(C)NC(=O)c1ccco1.Cl. The van der Waals surface area contributed by atoms with Crippen molar-refractivity contribution in [3.8, 4) is 0 Å². The first kappa shape index (κ1) is 19.4. The van der Waals surface area contributed by atoms with E-state index in [-0.39, 0.29) is 24.1 Å². The fraction of sp³-hybridized carbons (Fsp3) is 0.538. The summed E-state index contributed by atoms with van der Waals surface area (Å²) in [5.74, 6) is -0.458. The summed E-state index contributed by atoms with van der Waals surface area (Å²) in [4.78, 5) is 23.4. The zero-order valence-corrected chi connectivity index (χ0v) is 13.0. The second-order valence-electron chi connectivity index (χ2n) is 4.21. The molecular weight excluding hydrogens is 298 g/mol. The van der Waals surface area contributed by atoms with Crippen LogP contribution < -0.4 is 16.0 Å².